The monoisotopic (exact) mass is 277 g/mol. The van der Waals surface area contributed by atoms with Crippen molar-refractivity contribution in [1.29, 1.82) is 0 Å². The van der Waals surface area contributed by atoms with Gasteiger partial charge in [-0.15, -0.1) is 0 Å². The number of ether oxygens (including phenoxy) is 2. The van der Waals surface area contributed by atoms with Gasteiger partial charge in [0.15, 0.2) is 11.5 Å². The molecule has 0 spiro atoms. The summed E-state index contributed by atoms with van der Waals surface area (Å²) >= 11 is 1.96. The zero-order chi connectivity index (χ0) is 12.7. The van der Waals surface area contributed by atoms with Gasteiger partial charge in [-0.1, -0.05) is 0 Å². The maximum Gasteiger partial charge on any atom is 0.163 e. The molecule has 0 amide bonds. The van der Waals surface area contributed by atoms with Crippen LogP contribution in [-0.4, -0.2) is 41.2 Å². The van der Waals surface area contributed by atoms with Crippen molar-refractivity contribution in [3.8, 4) is 11.5 Å². The van der Waals surface area contributed by atoms with Crippen LogP contribution in [0.4, 0.5) is 0 Å². The van der Waals surface area contributed by atoms with E-state index in [-0.39, 0.29) is 0 Å². The smallest absolute Gasteiger partial charge is 0.163 e. The lowest BCUT2D eigenvalue weighted by molar-refractivity contribution is 0.172. The lowest BCUT2D eigenvalue weighted by Gasteiger charge is -2.20. The summed E-state index contributed by atoms with van der Waals surface area (Å²) in [5.41, 5.74) is 1.95. The van der Waals surface area contributed by atoms with Crippen LogP contribution in [0.3, 0.4) is 0 Å². The van der Waals surface area contributed by atoms with Crippen LogP contribution in [0.1, 0.15) is 11.9 Å². The molecule has 2 N–H and O–H groups in total. The quantitative estimate of drug-likeness (QED) is 0.831. The summed E-state index contributed by atoms with van der Waals surface area (Å²) in [7, 11) is 0. The number of hydrogen-bond acceptors (Lipinski definition) is 5. The number of H-pyrrole nitrogens is 1. The molecule has 1 saturated heterocycles. The molecule has 5 nitrogen and oxygen atoms in total. The second kappa shape index (κ2) is 4.61. The first-order chi connectivity index (χ1) is 9.40. The molecule has 0 radical (unpaired) electrons. The Labute approximate surface area is 115 Å². The normalized spacial score (nSPS) is 22.6. The Bertz CT molecular complexity index is 564. The Morgan fingerprint density at radius 1 is 1.21 bits per heavy atom. The van der Waals surface area contributed by atoms with Crippen LogP contribution in [0.25, 0.3) is 11.0 Å². The number of thioether (sulfide) groups is 1. The highest BCUT2D eigenvalue weighted by Crippen LogP contribution is 2.34. The number of nitrogens with zero attached hydrogens (tertiary/aromatic N) is 1. The van der Waals surface area contributed by atoms with Crippen molar-refractivity contribution in [2.24, 2.45) is 0 Å². The Balaban J connectivity index is 1.73. The van der Waals surface area contributed by atoms with E-state index in [9.17, 15) is 0 Å². The van der Waals surface area contributed by atoms with Crippen LogP contribution in [0.15, 0.2) is 12.1 Å². The molecule has 19 heavy (non-hydrogen) atoms. The van der Waals surface area contributed by atoms with Crippen molar-refractivity contribution < 1.29 is 9.47 Å². The Morgan fingerprint density at radius 3 is 2.84 bits per heavy atom. The topological polar surface area (TPSA) is 59.2 Å². The summed E-state index contributed by atoms with van der Waals surface area (Å²) in [4.78, 5) is 8.07. The van der Waals surface area contributed by atoms with Gasteiger partial charge in [-0.25, -0.2) is 4.98 Å². The number of benzene rings is 1. The van der Waals surface area contributed by atoms with Crippen molar-refractivity contribution >= 4 is 22.8 Å². The summed E-state index contributed by atoms with van der Waals surface area (Å²) < 4.78 is 11.2. The van der Waals surface area contributed by atoms with E-state index in [4.69, 9.17) is 9.47 Å². The van der Waals surface area contributed by atoms with Gasteiger partial charge in [-0.05, 0) is 0 Å². The zero-order valence-corrected chi connectivity index (χ0v) is 11.3. The third-order valence-corrected chi connectivity index (χ3v) is 4.48. The third-order valence-electron chi connectivity index (χ3n) is 3.42. The van der Waals surface area contributed by atoms with Crippen LogP contribution in [0, 0.1) is 0 Å². The molecule has 2 aliphatic heterocycles. The van der Waals surface area contributed by atoms with E-state index in [0.29, 0.717) is 19.3 Å². The van der Waals surface area contributed by atoms with Gasteiger partial charge in [0, 0.05) is 30.2 Å². The maximum atomic E-state index is 5.59. The van der Waals surface area contributed by atoms with E-state index < -0.39 is 0 Å². The van der Waals surface area contributed by atoms with Crippen LogP contribution in [-0.2, 0) is 0 Å². The first kappa shape index (κ1) is 11.4. The molecule has 1 fully saturated rings. The predicted octanol–water partition coefficient (Wildman–Crippen LogP) is 1.71. The summed E-state index contributed by atoms with van der Waals surface area (Å²) in [6.45, 7) is 2.26. The zero-order valence-electron chi connectivity index (χ0n) is 10.4. The van der Waals surface area contributed by atoms with Crippen LogP contribution < -0.4 is 14.8 Å². The van der Waals surface area contributed by atoms with E-state index in [2.05, 4.69) is 15.3 Å². The van der Waals surface area contributed by atoms with E-state index in [0.717, 1.165) is 40.7 Å². The van der Waals surface area contributed by atoms with Crippen LogP contribution >= 0.6 is 11.8 Å². The predicted molar refractivity (Wildman–Crippen MR) is 75.2 cm³/mol. The standard InChI is InChI=1S/C13H15N3O2S/c1-4-19-7-10(14-1)13-15-8-5-11-12(6-9(8)16-13)18-3-2-17-11/h5-6,10,14H,1-4,7H2,(H,15,16). The maximum absolute atomic E-state index is 5.59. The minimum Gasteiger partial charge on any atom is -0.486 e. The fourth-order valence-electron chi connectivity index (χ4n) is 2.47. The van der Waals surface area contributed by atoms with Gasteiger partial charge in [-0.2, -0.15) is 11.8 Å². The van der Waals surface area contributed by atoms with Crippen molar-refractivity contribution in [3.05, 3.63) is 18.0 Å². The number of nitrogens with one attached hydrogen (secondary N) is 2. The minimum absolute atomic E-state index is 0.310. The lowest BCUT2D eigenvalue weighted by atomic mass is 10.2. The Hall–Kier alpha value is -1.40. The molecule has 1 atom stereocenters. The van der Waals surface area contributed by atoms with Gasteiger partial charge in [-0.3, -0.25) is 0 Å². The minimum atomic E-state index is 0.310. The number of hydrogen-bond donors (Lipinski definition) is 2. The molecule has 100 valence electrons. The number of imidazole rings is 1. The molecule has 1 unspecified atom stereocenters. The molecular formula is C13H15N3O2S. The Kier molecular flexibility index (Phi) is 2.77. The molecule has 1 aromatic heterocycles. The molecule has 2 aromatic rings. The lowest BCUT2D eigenvalue weighted by Crippen LogP contribution is -2.30. The second-order valence-corrected chi connectivity index (χ2v) is 5.87. The summed E-state index contributed by atoms with van der Waals surface area (Å²) in [6.07, 6.45) is 0. The average molecular weight is 277 g/mol. The highest BCUT2D eigenvalue weighted by atomic mass is 32.2. The number of fused-ring (bicyclic) bond motifs is 2. The largest absolute Gasteiger partial charge is 0.486 e. The van der Waals surface area contributed by atoms with Crippen molar-refractivity contribution in [2.75, 3.05) is 31.3 Å². The van der Waals surface area contributed by atoms with Gasteiger partial charge in [0.2, 0.25) is 0 Å². The average Bonchev–Trinajstić information content (AvgIpc) is 2.88. The van der Waals surface area contributed by atoms with E-state index in [1.807, 2.05) is 23.9 Å². The highest BCUT2D eigenvalue weighted by molar-refractivity contribution is 7.99. The molecule has 0 bridgehead atoms. The SMILES string of the molecule is c1c2c(cc3[nH]c(C4CSCCN4)nc13)OCCO2. The summed E-state index contributed by atoms with van der Waals surface area (Å²) in [5.74, 6) is 4.84. The van der Waals surface area contributed by atoms with Gasteiger partial charge in [0.1, 0.15) is 19.0 Å². The molecule has 4 rings (SSSR count). The van der Waals surface area contributed by atoms with Crippen LogP contribution in [0.5, 0.6) is 11.5 Å². The number of rotatable bonds is 1. The molecule has 3 heterocycles. The second-order valence-electron chi connectivity index (χ2n) is 4.72. The van der Waals surface area contributed by atoms with Crippen LogP contribution in [0.2, 0.25) is 0 Å². The van der Waals surface area contributed by atoms with Crippen molar-refractivity contribution in [1.82, 2.24) is 15.3 Å². The molecule has 1 aromatic carbocycles. The Morgan fingerprint density at radius 2 is 2.05 bits per heavy atom. The van der Waals surface area contributed by atoms with Crippen molar-refractivity contribution in [2.45, 2.75) is 6.04 Å². The summed E-state index contributed by atoms with van der Waals surface area (Å²) in [5, 5.41) is 3.49. The van der Waals surface area contributed by atoms with Gasteiger partial charge < -0.3 is 19.8 Å². The first-order valence-electron chi connectivity index (χ1n) is 6.50. The van der Waals surface area contributed by atoms with Gasteiger partial charge in [0.05, 0.1) is 17.1 Å². The van der Waals surface area contributed by atoms with Gasteiger partial charge >= 0.3 is 0 Å². The fraction of sp³-hybridized carbons (Fsp3) is 0.462. The summed E-state index contributed by atoms with van der Waals surface area (Å²) in [6, 6.07) is 4.25. The van der Waals surface area contributed by atoms with Gasteiger partial charge in [0.25, 0.3) is 0 Å². The van der Waals surface area contributed by atoms with E-state index in [1.54, 1.807) is 0 Å². The van der Waals surface area contributed by atoms with E-state index in [1.165, 1.54) is 5.75 Å². The molecule has 0 saturated carbocycles. The third kappa shape index (κ3) is 2.04. The highest BCUT2D eigenvalue weighted by Gasteiger charge is 2.20. The molecule has 2 aliphatic rings. The number of aromatic nitrogens is 2. The van der Waals surface area contributed by atoms with Crippen molar-refractivity contribution in [3.63, 3.8) is 0 Å². The molecule has 6 heteroatoms. The number of aromatic amines is 1. The molecule has 0 aliphatic carbocycles. The van der Waals surface area contributed by atoms with E-state index >= 15 is 0 Å². The first-order valence-corrected chi connectivity index (χ1v) is 7.66. The fourth-order valence-corrected chi connectivity index (χ4v) is 3.41. The molecular weight excluding hydrogens is 262 g/mol.